The van der Waals surface area contributed by atoms with E-state index in [1.54, 1.807) is 49.8 Å². The Morgan fingerprint density at radius 2 is 0.622 bits per heavy atom. The van der Waals surface area contributed by atoms with Crippen LogP contribution in [0.3, 0.4) is 0 Å². The number of aliphatic carboxylic acids is 1. The molecule has 16 bridgehead atoms. The fourth-order valence-corrected chi connectivity index (χ4v) is 21.8. The molecule has 16 heterocycles. The SMILES string of the molecule is C#C[C@@]12CO[C@@H](O1)[C@H](NC(C)=O)[C@@H](OC)[C@H]2OC.CC[C@@]12CO[C@@H](O1)[C@H](NC(C)=O)[C@@H](OC)[C@H]2OC.CO[C@@H]1[C@@H](NC(C)=O)[C@H]2OC[C@](C(=O)O)(O2)[C@@H]1OC.CO[C@@H]1[C@@H](NC(C)=O)[C@H]2OC[C@](C(N)=O)(O2)[C@@H]1OC.CO[C@@H]1[C@@H](NC(C)=O)[C@H]2OC[C@](C=O)(O2)[C@@H]1OC.CO[C@@H]1[C@@H](NC(C)=O)[C@H]2OC[C@](CN)(O2)[C@@H]1OC.CO[C@@H]1[C@@H](NC(C)=O)[C@H]2OC[C@](CN=[N+]=[N-])(O2)[C@@H]1OC.CO[C@@H]1[C@@H](NC(C)=O)[C@H]2OC[C@](CS)(O2)[C@@H]1OC. The maximum atomic E-state index is 11.7. The normalized spacial score (nSPS) is 41.8. The number of nitrogens with two attached hydrogens (primary N) is 2. The molecule has 0 aliphatic carbocycles. The van der Waals surface area contributed by atoms with Crippen LogP contribution >= 0.6 is 12.6 Å². The molecule has 148 heavy (non-hydrogen) atoms. The Hall–Kier alpha value is -7.73. The van der Waals surface area contributed by atoms with Gasteiger partial charge in [-0.25, -0.2) is 4.79 Å². The van der Waals surface area contributed by atoms with Gasteiger partial charge in [-0.3, -0.25) is 47.9 Å². The molecular formula is C90H147N13O44S. The summed E-state index contributed by atoms with van der Waals surface area (Å²) < 4.78 is 176. The summed E-state index contributed by atoms with van der Waals surface area (Å²) >= 11 is 4.32. The first kappa shape index (κ1) is 124. The van der Waals surface area contributed by atoms with Crippen molar-refractivity contribution in [2.75, 3.05) is 185 Å². The standard InChI is InChI=1S/C12H21NO5.C12H17NO5.C11H18N4O5.C11H18N2O6.C11H20N2O5.C11H17NO7.C11H17NO6.C11H19NO5S/c2*1-5-12-6-17-11(18-12)8(13-7(2)14)9(15-3)10(12)16-4;1-6(16)14-7-8(17-2)9(18-3)11(4-13-15-12)5-19-10(7)20-11;1-5(14)13-6-7(16-2)8(17-3)11(10(12)15)4-18-9(6)19-11;1-6(14)13-7-8(15-2)9(16-3)11(4-12)5-17-10(7)18-11;1-5(13)12-6-7(16-2)8(17-3)11(10(14)15)4-18-9(6)19-11;1-6(14)12-7-8(15-2)9(16-3)11(4-13)5-17-10(7)18-11;1-6(13)12-7-8(14-2)9(15-3)11(5-18)4-16-10(7)17-11/h8-11H,5-6H2,1-4H3,(H,13,14);1,8-11H,6H2,2-4H3,(H,13,14);7-10H,4-5H2,1-3H3,(H,14,16);6-9H,4H2,1-3H3,(H2,12,15)(H,13,14);7-10H,4-5,12H2,1-3H3,(H,13,14);6-9H,4H2,1-3H3,(H,12,13)(H,14,15);4,7-10H,5H2,1-3H3,(H,12,14);7-10,18H,4-5H2,1-3H3,(H,12,13)/t2*8-,9-,10-,11+,12+;7-,8-,9-,10+,11+;6-,7-,8-,9+,11+;7-,8-,9-,10+,11+;6-,7-,8-,9+,11+;7-,8-,9-,10+,11+;7-,8-,9-,10+,11-/m11111111/s1. The molecule has 0 radical (unpaired) electrons. The minimum atomic E-state index is -1.60. The van der Waals surface area contributed by atoms with Gasteiger partial charge < -0.3 is 211 Å². The summed E-state index contributed by atoms with van der Waals surface area (Å²) in [5, 5.41) is 34.9. The first-order chi connectivity index (χ1) is 70.4. The molecule has 13 N–H and O–H groups in total. The van der Waals surface area contributed by atoms with Crippen molar-refractivity contribution in [1.82, 2.24) is 42.5 Å². The molecular weight excluding hydrogens is 2000 g/mol. The van der Waals surface area contributed by atoms with Gasteiger partial charge in [-0.15, -0.1) is 6.42 Å². The average Bonchev–Trinajstić information content (AvgIpc) is 1.57. The molecule has 16 aliphatic rings. The number of primary amides is 1. The number of azide groups is 1. The number of nitrogens with one attached hydrogen (secondary N) is 8. The van der Waals surface area contributed by atoms with Gasteiger partial charge in [0.05, 0.1) is 59.4 Å². The zero-order valence-corrected chi connectivity index (χ0v) is 88.5. The van der Waals surface area contributed by atoms with Gasteiger partial charge in [0.25, 0.3) is 5.91 Å². The number of carboxylic acids is 1. The summed E-state index contributed by atoms with van der Waals surface area (Å²) in [7, 11) is 24.3. The van der Waals surface area contributed by atoms with Crippen LogP contribution in [0.5, 0.6) is 0 Å². The van der Waals surface area contributed by atoms with E-state index < -0.39 is 204 Å². The van der Waals surface area contributed by atoms with Gasteiger partial charge >= 0.3 is 5.97 Å². The van der Waals surface area contributed by atoms with E-state index in [1.165, 1.54) is 119 Å². The van der Waals surface area contributed by atoms with Gasteiger partial charge in [-0.2, -0.15) is 12.6 Å². The summed E-state index contributed by atoms with van der Waals surface area (Å²) in [6.45, 7) is 15.2. The molecule has 0 aromatic heterocycles. The fourth-order valence-electron chi connectivity index (χ4n) is 21.5. The highest BCUT2D eigenvalue weighted by molar-refractivity contribution is 7.80. The first-order valence-corrected chi connectivity index (χ1v) is 47.8. The number of carbonyl (C=O) groups is 11. The van der Waals surface area contributed by atoms with E-state index >= 15 is 0 Å². The molecule has 842 valence electrons. The molecule has 16 fully saturated rings. The fraction of sp³-hybridized carbons (Fsp3) is 0.856. The number of aldehydes is 1. The topological polar surface area (TPSA) is 700 Å². The lowest BCUT2D eigenvalue weighted by Crippen LogP contribution is -2.69. The molecule has 16 aliphatic heterocycles. The Bertz CT molecular complexity index is 4330. The second-order valence-corrected chi connectivity index (χ2v) is 37.3. The van der Waals surface area contributed by atoms with Crippen LogP contribution in [-0.2, 0) is 204 Å². The number of ether oxygens (including phenoxy) is 32. The highest BCUT2D eigenvalue weighted by atomic mass is 32.1. The van der Waals surface area contributed by atoms with Crippen molar-refractivity contribution in [3.8, 4) is 12.3 Å². The van der Waals surface area contributed by atoms with Crippen molar-refractivity contribution >= 4 is 78.0 Å². The molecule has 0 spiro atoms. The summed E-state index contributed by atoms with van der Waals surface area (Å²) in [4.78, 5) is 127. The van der Waals surface area contributed by atoms with E-state index in [9.17, 15) is 57.8 Å². The lowest BCUT2D eigenvalue weighted by atomic mass is 9.85. The zero-order valence-electron chi connectivity index (χ0n) is 87.6. The molecule has 16 rings (SSSR count). The first-order valence-electron chi connectivity index (χ1n) is 47.1. The number of rotatable bonds is 32. The van der Waals surface area contributed by atoms with Crippen LogP contribution in [0.15, 0.2) is 5.11 Å². The number of hydrogen-bond donors (Lipinski definition) is 12. The Morgan fingerprint density at radius 1 is 0.365 bits per heavy atom. The Labute approximate surface area is 861 Å². The third kappa shape index (κ3) is 25.4. The maximum absolute atomic E-state index is 11.7. The van der Waals surface area contributed by atoms with E-state index in [0.29, 0.717) is 31.9 Å². The van der Waals surface area contributed by atoms with E-state index in [0.717, 1.165) is 6.42 Å². The summed E-state index contributed by atoms with van der Waals surface area (Å²) in [6.07, 6.45) is -6.05. The molecule has 40 atom stereocenters. The Balaban J connectivity index is 0.000000188. The predicted molar refractivity (Wildman–Crippen MR) is 501 cm³/mol. The molecule has 16 saturated heterocycles. The number of amides is 9. The summed E-state index contributed by atoms with van der Waals surface area (Å²) in [5.41, 5.74) is 11.9. The van der Waals surface area contributed by atoms with Crippen molar-refractivity contribution in [2.24, 2.45) is 16.6 Å². The number of nitrogens with zero attached hydrogens (tertiary/aromatic N) is 3. The van der Waals surface area contributed by atoms with E-state index in [4.69, 9.17) is 175 Å². The van der Waals surface area contributed by atoms with E-state index in [-0.39, 0.29) is 142 Å². The highest BCUT2D eigenvalue weighted by Gasteiger charge is 2.70. The largest absolute Gasteiger partial charge is 0.479 e. The van der Waals surface area contributed by atoms with E-state index in [1.807, 2.05) is 6.92 Å². The number of carbonyl (C=O) groups excluding carboxylic acids is 10. The van der Waals surface area contributed by atoms with Crippen LogP contribution in [0.1, 0.15) is 68.7 Å². The van der Waals surface area contributed by atoms with Gasteiger partial charge in [0.15, 0.2) is 67.8 Å². The lowest BCUT2D eigenvalue weighted by molar-refractivity contribution is -0.240. The monoisotopic (exact) mass is 2150 g/mol. The van der Waals surface area contributed by atoms with Crippen molar-refractivity contribution < 1.29 is 209 Å². The minimum absolute atomic E-state index is 0.0263. The summed E-state index contributed by atoms with van der Waals surface area (Å²) in [6, 6.07) is -3.75. The molecule has 58 heteroatoms. The Morgan fingerprint density at radius 3 is 0.946 bits per heavy atom. The van der Waals surface area contributed by atoms with E-state index in [2.05, 4.69) is 71.1 Å². The van der Waals surface area contributed by atoms with Crippen LogP contribution in [-0.4, -0.2) is 497 Å². The van der Waals surface area contributed by atoms with Crippen LogP contribution in [0.25, 0.3) is 10.4 Å². The third-order valence-corrected chi connectivity index (χ3v) is 28.6. The molecule has 0 aromatic rings. The number of thiol groups is 1. The van der Waals surface area contributed by atoms with Gasteiger partial charge in [0.1, 0.15) is 168 Å². The zero-order chi connectivity index (χ0) is 110. The van der Waals surface area contributed by atoms with Crippen LogP contribution < -0.4 is 54.0 Å². The predicted octanol–water partition coefficient (Wildman–Crippen LogP) is -6.82. The van der Waals surface area contributed by atoms with Crippen molar-refractivity contribution in [3.05, 3.63) is 10.4 Å². The number of terminal acetylenes is 1. The number of methoxy groups -OCH3 is 16. The Kier molecular flexibility index (Phi) is 45.1. The number of carboxylic acid groups (broad SMARTS) is 1. The van der Waals surface area contributed by atoms with Crippen molar-refractivity contribution in [3.63, 3.8) is 0 Å². The molecule has 0 saturated carbocycles. The maximum Gasteiger partial charge on any atom is 0.341 e. The molecule has 0 aromatic carbocycles. The number of hydrogen-bond acceptors (Lipinski definition) is 46. The van der Waals surface area contributed by atoms with Gasteiger partial charge in [0.2, 0.25) is 58.5 Å². The van der Waals surface area contributed by atoms with Crippen LogP contribution in [0.2, 0.25) is 0 Å². The average molecular weight is 2150 g/mol. The molecule has 0 unspecified atom stereocenters. The van der Waals surface area contributed by atoms with Crippen LogP contribution in [0.4, 0.5) is 0 Å². The number of fused-ring (bicyclic) bond motifs is 16. The second kappa shape index (κ2) is 53.9. The minimum Gasteiger partial charge on any atom is -0.479 e. The van der Waals surface area contributed by atoms with Gasteiger partial charge in [0, 0.05) is 186 Å². The highest BCUT2D eigenvalue weighted by Crippen LogP contribution is 2.48. The quantitative estimate of drug-likeness (QED) is 0.00744. The second-order valence-electron chi connectivity index (χ2n) is 37.0. The lowest BCUT2D eigenvalue weighted by Gasteiger charge is -2.45. The molecule has 9 amide bonds. The smallest absolute Gasteiger partial charge is 0.341 e. The van der Waals surface area contributed by atoms with Crippen molar-refractivity contribution in [2.45, 2.75) is 310 Å². The van der Waals surface area contributed by atoms with Crippen molar-refractivity contribution in [1.29, 1.82) is 0 Å². The summed E-state index contributed by atoms with van der Waals surface area (Å²) in [5.74, 6) is -0.446. The third-order valence-electron chi connectivity index (χ3n) is 28.0. The molecule has 57 nitrogen and oxygen atoms in total. The van der Waals surface area contributed by atoms with Gasteiger partial charge in [-0.1, -0.05) is 18.0 Å². The van der Waals surface area contributed by atoms with Gasteiger partial charge in [-0.05, 0) is 12.0 Å². The van der Waals surface area contributed by atoms with Crippen LogP contribution in [0, 0.1) is 12.3 Å².